The summed E-state index contributed by atoms with van der Waals surface area (Å²) in [7, 11) is -3.37. The molecule has 0 aliphatic carbocycles. The van der Waals surface area contributed by atoms with Crippen molar-refractivity contribution in [3.63, 3.8) is 0 Å². The van der Waals surface area contributed by atoms with Gasteiger partial charge in [-0.05, 0) is 38.0 Å². The standard InChI is InChI=1S/C14H24N2O3S2/c1-3-14(2,7-8-17)16-21(18,19)10-9-20-13-6-4-5-12(15)11-13/h4-6,11,16-17H,3,7-10,15H2,1-2H3. The quantitative estimate of drug-likeness (QED) is 0.474. The molecule has 0 spiro atoms. The van der Waals surface area contributed by atoms with Gasteiger partial charge in [0.1, 0.15) is 0 Å². The summed E-state index contributed by atoms with van der Waals surface area (Å²) in [6.07, 6.45) is 1.04. The van der Waals surface area contributed by atoms with Gasteiger partial charge in [0.25, 0.3) is 0 Å². The van der Waals surface area contributed by atoms with Crippen LogP contribution in [0.5, 0.6) is 0 Å². The molecule has 0 aliphatic heterocycles. The number of nitrogens with two attached hydrogens (primary N) is 1. The summed E-state index contributed by atoms with van der Waals surface area (Å²) in [4.78, 5) is 0.957. The molecule has 0 bridgehead atoms. The fraction of sp³-hybridized carbons (Fsp3) is 0.571. The topological polar surface area (TPSA) is 92.4 Å². The van der Waals surface area contributed by atoms with Crippen LogP contribution in [-0.4, -0.2) is 37.2 Å². The summed E-state index contributed by atoms with van der Waals surface area (Å²) in [6.45, 7) is 3.68. The Balaban J connectivity index is 2.53. The third kappa shape index (κ3) is 6.69. The van der Waals surface area contributed by atoms with E-state index in [1.165, 1.54) is 11.8 Å². The number of benzene rings is 1. The summed E-state index contributed by atoms with van der Waals surface area (Å²) < 4.78 is 26.9. The Morgan fingerprint density at radius 2 is 2.14 bits per heavy atom. The average Bonchev–Trinajstić information content (AvgIpc) is 2.38. The number of nitrogen functional groups attached to an aromatic ring is 1. The van der Waals surface area contributed by atoms with Gasteiger partial charge in [0.05, 0.1) is 5.75 Å². The average molecular weight is 332 g/mol. The van der Waals surface area contributed by atoms with E-state index in [1.807, 2.05) is 32.0 Å². The van der Waals surface area contributed by atoms with Crippen molar-refractivity contribution in [3.8, 4) is 0 Å². The molecule has 1 unspecified atom stereocenters. The van der Waals surface area contributed by atoms with Crippen LogP contribution >= 0.6 is 11.8 Å². The van der Waals surface area contributed by atoms with Gasteiger partial charge in [-0.3, -0.25) is 0 Å². The van der Waals surface area contributed by atoms with Crippen LogP contribution < -0.4 is 10.5 Å². The number of aliphatic hydroxyl groups is 1. The van der Waals surface area contributed by atoms with E-state index in [0.29, 0.717) is 24.3 Å². The second-order valence-corrected chi connectivity index (χ2v) is 8.24. The highest BCUT2D eigenvalue weighted by molar-refractivity contribution is 8.00. The van der Waals surface area contributed by atoms with Gasteiger partial charge >= 0.3 is 0 Å². The molecule has 21 heavy (non-hydrogen) atoms. The van der Waals surface area contributed by atoms with E-state index in [0.717, 1.165) is 4.90 Å². The highest BCUT2D eigenvalue weighted by Crippen LogP contribution is 2.21. The van der Waals surface area contributed by atoms with Gasteiger partial charge in [-0.15, -0.1) is 11.8 Å². The summed E-state index contributed by atoms with van der Waals surface area (Å²) in [6, 6.07) is 7.37. The van der Waals surface area contributed by atoms with Crippen molar-refractivity contribution in [2.75, 3.05) is 23.8 Å². The lowest BCUT2D eigenvalue weighted by atomic mass is 9.97. The smallest absolute Gasteiger partial charge is 0.212 e. The number of hydrogen-bond donors (Lipinski definition) is 3. The molecule has 0 saturated carbocycles. The number of nitrogens with one attached hydrogen (secondary N) is 1. The van der Waals surface area contributed by atoms with Gasteiger partial charge in [0.2, 0.25) is 10.0 Å². The van der Waals surface area contributed by atoms with Crippen molar-refractivity contribution in [2.24, 2.45) is 0 Å². The van der Waals surface area contributed by atoms with Crippen molar-refractivity contribution in [1.29, 1.82) is 0 Å². The van der Waals surface area contributed by atoms with Gasteiger partial charge in [-0.25, -0.2) is 13.1 Å². The number of anilines is 1. The van der Waals surface area contributed by atoms with Crippen LogP contribution in [0.25, 0.3) is 0 Å². The third-order valence-electron chi connectivity index (χ3n) is 3.32. The molecule has 0 saturated heterocycles. The van der Waals surface area contributed by atoms with Crippen LogP contribution in [0.2, 0.25) is 0 Å². The molecule has 1 aromatic carbocycles. The van der Waals surface area contributed by atoms with Crippen LogP contribution in [0.15, 0.2) is 29.2 Å². The molecule has 120 valence electrons. The highest BCUT2D eigenvalue weighted by atomic mass is 32.2. The predicted octanol–water partition coefficient (Wildman–Crippen LogP) is 1.83. The molecular formula is C14H24N2O3S2. The lowest BCUT2D eigenvalue weighted by Crippen LogP contribution is -2.47. The van der Waals surface area contributed by atoms with Crippen LogP contribution in [0, 0.1) is 0 Å². The molecule has 0 heterocycles. The molecule has 7 heteroatoms. The lowest BCUT2D eigenvalue weighted by Gasteiger charge is -2.28. The fourth-order valence-corrected chi connectivity index (χ4v) is 4.79. The van der Waals surface area contributed by atoms with Crippen LogP contribution in [0.3, 0.4) is 0 Å². The first-order valence-electron chi connectivity index (χ1n) is 6.91. The molecule has 0 aliphatic rings. The Morgan fingerprint density at radius 1 is 1.43 bits per heavy atom. The number of rotatable bonds is 9. The SMILES string of the molecule is CCC(C)(CCO)NS(=O)(=O)CCSc1cccc(N)c1. The summed E-state index contributed by atoms with van der Waals surface area (Å²) >= 11 is 1.46. The molecule has 0 radical (unpaired) electrons. The Bertz CT molecular complexity index is 549. The summed E-state index contributed by atoms with van der Waals surface area (Å²) in [5.74, 6) is 0.491. The van der Waals surface area contributed by atoms with Crippen molar-refractivity contribution < 1.29 is 13.5 Å². The van der Waals surface area contributed by atoms with E-state index in [1.54, 1.807) is 6.07 Å². The van der Waals surface area contributed by atoms with E-state index in [2.05, 4.69) is 4.72 Å². The number of aliphatic hydroxyl groups excluding tert-OH is 1. The molecule has 1 rings (SSSR count). The molecule has 1 aromatic rings. The minimum Gasteiger partial charge on any atom is -0.399 e. The van der Waals surface area contributed by atoms with Gasteiger partial charge < -0.3 is 10.8 Å². The molecule has 5 nitrogen and oxygen atoms in total. The van der Waals surface area contributed by atoms with Crippen molar-refractivity contribution in [1.82, 2.24) is 4.72 Å². The van der Waals surface area contributed by atoms with E-state index < -0.39 is 15.6 Å². The first-order valence-corrected chi connectivity index (χ1v) is 9.55. The van der Waals surface area contributed by atoms with Crippen molar-refractivity contribution >= 4 is 27.5 Å². The largest absolute Gasteiger partial charge is 0.399 e. The van der Waals surface area contributed by atoms with Gasteiger partial charge in [-0.2, -0.15) is 0 Å². The summed E-state index contributed by atoms with van der Waals surface area (Å²) in [5.41, 5.74) is 5.76. The second-order valence-electron chi connectivity index (χ2n) is 5.23. The predicted molar refractivity (Wildman–Crippen MR) is 88.9 cm³/mol. The van der Waals surface area contributed by atoms with Gasteiger partial charge in [-0.1, -0.05) is 13.0 Å². The van der Waals surface area contributed by atoms with E-state index in [9.17, 15) is 8.42 Å². The van der Waals surface area contributed by atoms with Gasteiger partial charge in [0.15, 0.2) is 0 Å². The normalized spacial score (nSPS) is 14.8. The molecule has 0 fully saturated rings. The maximum Gasteiger partial charge on any atom is 0.212 e. The zero-order valence-corrected chi connectivity index (χ0v) is 14.1. The lowest BCUT2D eigenvalue weighted by molar-refractivity contribution is 0.233. The molecule has 0 amide bonds. The second kappa shape index (κ2) is 8.03. The van der Waals surface area contributed by atoms with Crippen LogP contribution in [-0.2, 0) is 10.0 Å². The molecule has 4 N–H and O–H groups in total. The zero-order valence-electron chi connectivity index (χ0n) is 12.5. The van der Waals surface area contributed by atoms with E-state index in [-0.39, 0.29) is 12.4 Å². The number of thioether (sulfide) groups is 1. The molecular weight excluding hydrogens is 308 g/mol. The fourth-order valence-electron chi connectivity index (χ4n) is 1.85. The molecule has 1 atom stereocenters. The Labute approximate surface area is 131 Å². The zero-order chi connectivity index (χ0) is 15.9. The number of sulfonamides is 1. The third-order valence-corrected chi connectivity index (χ3v) is 6.12. The number of hydrogen-bond acceptors (Lipinski definition) is 5. The van der Waals surface area contributed by atoms with Crippen LogP contribution in [0.4, 0.5) is 5.69 Å². The van der Waals surface area contributed by atoms with Crippen molar-refractivity contribution in [3.05, 3.63) is 24.3 Å². The van der Waals surface area contributed by atoms with Crippen molar-refractivity contribution in [2.45, 2.75) is 37.1 Å². The highest BCUT2D eigenvalue weighted by Gasteiger charge is 2.27. The maximum absolute atomic E-state index is 12.1. The van der Waals surface area contributed by atoms with E-state index >= 15 is 0 Å². The minimum absolute atomic E-state index is 0.0352. The summed E-state index contributed by atoms with van der Waals surface area (Å²) in [5, 5.41) is 9.03. The van der Waals surface area contributed by atoms with Gasteiger partial charge in [0, 0.05) is 28.5 Å². The molecule has 0 aromatic heterocycles. The minimum atomic E-state index is -3.37. The van der Waals surface area contributed by atoms with Crippen LogP contribution in [0.1, 0.15) is 26.7 Å². The van der Waals surface area contributed by atoms with E-state index in [4.69, 9.17) is 10.8 Å². The Kier molecular flexibility index (Phi) is 6.99. The monoisotopic (exact) mass is 332 g/mol. The Morgan fingerprint density at radius 3 is 2.71 bits per heavy atom. The first-order chi connectivity index (χ1) is 9.80. The first kappa shape index (κ1) is 18.3. The maximum atomic E-state index is 12.1. The Hall–Kier alpha value is -0.760.